The first-order valence-corrected chi connectivity index (χ1v) is 6.96. The molecule has 0 N–H and O–H groups in total. The fourth-order valence-corrected chi connectivity index (χ4v) is 2.70. The molecule has 0 aromatic carbocycles. The molecule has 0 aromatic heterocycles. The van der Waals surface area contributed by atoms with Crippen LogP contribution in [0.5, 0.6) is 0 Å². The molecule has 1 saturated carbocycles. The Morgan fingerprint density at radius 1 is 1.37 bits per heavy atom. The van der Waals surface area contributed by atoms with Crippen molar-refractivity contribution < 1.29 is 13.7 Å². The minimum absolute atomic E-state index is 0.157. The second-order valence-electron chi connectivity index (χ2n) is 6.46. The van der Waals surface area contributed by atoms with Crippen LogP contribution in [0.2, 0.25) is 0 Å². The number of terminal acetylenes is 1. The summed E-state index contributed by atoms with van der Waals surface area (Å²) >= 11 is 0. The molecular formula is C15H22BFO2. The summed E-state index contributed by atoms with van der Waals surface area (Å²) in [6, 6.07) is 0. The maximum absolute atomic E-state index is 14.6. The molecule has 1 unspecified atom stereocenters. The van der Waals surface area contributed by atoms with Gasteiger partial charge in [-0.1, -0.05) is 0 Å². The average Bonchev–Trinajstić information content (AvgIpc) is 2.82. The van der Waals surface area contributed by atoms with Crippen molar-refractivity contribution >= 4 is 7.12 Å². The van der Waals surface area contributed by atoms with Crippen molar-refractivity contribution in [1.29, 1.82) is 0 Å². The van der Waals surface area contributed by atoms with Crippen LogP contribution in [0.25, 0.3) is 0 Å². The van der Waals surface area contributed by atoms with Gasteiger partial charge in [0.1, 0.15) is 5.73 Å². The van der Waals surface area contributed by atoms with Crippen LogP contribution in [0.4, 0.5) is 4.39 Å². The Kier molecular flexibility index (Phi) is 3.82. The van der Waals surface area contributed by atoms with E-state index in [0.717, 1.165) is 24.8 Å². The minimum atomic E-state index is -0.877. The summed E-state index contributed by atoms with van der Waals surface area (Å²) in [6.07, 6.45) is 8.68. The van der Waals surface area contributed by atoms with E-state index < -0.39 is 18.3 Å². The van der Waals surface area contributed by atoms with Crippen molar-refractivity contribution in [3.63, 3.8) is 0 Å². The maximum atomic E-state index is 14.6. The van der Waals surface area contributed by atoms with Gasteiger partial charge in [0, 0.05) is 6.42 Å². The maximum Gasteiger partial charge on any atom is 0.525 e. The SMILES string of the molecule is C#CCC1CCCC1=C(F)B1OC(C)(C)C(C)(C)O1. The molecule has 1 saturated heterocycles. The first-order valence-electron chi connectivity index (χ1n) is 6.96. The van der Waals surface area contributed by atoms with E-state index in [9.17, 15) is 4.39 Å². The molecule has 19 heavy (non-hydrogen) atoms. The molecule has 0 aromatic rings. The van der Waals surface area contributed by atoms with E-state index in [0.29, 0.717) is 6.42 Å². The van der Waals surface area contributed by atoms with Crippen LogP contribution in [-0.2, 0) is 9.31 Å². The second kappa shape index (κ2) is 4.96. The molecule has 0 bridgehead atoms. The van der Waals surface area contributed by atoms with Crippen LogP contribution in [0.3, 0.4) is 0 Å². The van der Waals surface area contributed by atoms with Crippen LogP contribution in [0.1, 0.15) is 53.4 Å². The number of hydrogen-bond donors (Lipinski definition) is 0. The van der Waals surface area contributed by atoms with Gasteiger partial charge in [-0.2, -0.15) is 0 Å². The van der Waals surface area contributed by atoms with Gasteiger partial charge in [0.25, 0.3) is 0 Å². The highest BCUT2D eigenvalue weighted by molar-refractivity contribution is 6.53. The van der Waals surface area contributed by atoms with E-state index in [1.165, 1.54) is 0 Å². The molecule has 2 nitrogen and oxygen atoms in total. The summed E-state index contributed by atoms with van der Waals surface area (Å²) in [5.41, 5.74) is -0.459. The van der Waals surface area contributed by atoms with E-state index in [1.54, 1.807) is 0 Å². The number of rotatable bonds is 2. The van der Waals surface area contributed by atoms with Gasteiger partial charge >= 0.3 is 7.12 Å². The summed E-state index contributed by atoms with van der Waals surface area (Å²) in [4.78, 5) is 0. The summed E-state index contributed by atoms with van der Waals surface area (Å²) in [7, 11) is -0.877. The van der Waals surface area contributed by atoms with Crippen molar-refractivity contribution in [2.24, 2.45) is 5.92 Å². The van der Waals surface area contributed by atoms with Gasteiger partial charge in [0.05, 0.1) is 11.2 Å². The quantitative estimate of drug-likeness (QED) is 0.559. The summed E-state index contributed by atoms with van der Waals surface area (Å²) in [5.74, 6) is 2.79. The van der Waals surface area contributed by atoms with E-state index >= 15 is 0 Å². The molecule has 4 heteroatoms. The Labute approximate surface area is 115 Å². The third-order valence-electron chi connectivity index (χ3n) is 4.62. The van der Waals surface area contributed by atoms with Crippen LogP contribution < -0.4 is 0 Å². The summed E-state index contributed by atoms with van der Waals surface area (Å²) < 4.78 is 26.2. The number of allylic oxidation sites excluding steroid dienone is 1. The van der Waals surface area contributed by atoms with Crippen molar-refractivity contribution in [3.8, 4) is 12.3 Å². The smallest absolute Gasteiger partial charge is 0.398 e. The van der Waals surface area contributed by atoms with Crippen LogP contribution >= 0.6 is 0 Å². The standard InChI is InChI=1S/C15H22BFO2/c1-6-8-11-9-7-10-12(11)13(17)16-18-14(2,3)15(4,5)19-16/h1,11H,7-10H2,2-5H3. The molecule has 1 heterocycles. The third-order valence-corrected chi connectivity index (χ3v) is 4.62. The van der Waals surface area contributed by atoms with E-state index in [4.69, 9.17) is 15.7 Å². The number of hydrogen-bond acceptors (Lipinski definition) is 2. The molecule has 0 spiro atoms. The largest absolute Gasteiger partial charge is 0.525 e. The minimum Gasteiger partial charge on any atom is -0.398 e. The second-order valence-corrected chi connectivity index (χ2v) is 6.46. The lowest BCUT2D eigenvalue weighted by atomic mass is 9.81. The average molecular weight is 264 g/mol. The van der Waals surface area contributed by atoms with Gasteiger partial charge < -0.3 is 9.31 Å². The first kappa shape index (κ1) is 14.6. The normalized spacial score (nSPS) is 31.4. The highest BCUT2D eigenvalue weighted by Crippen LogP contribution is 2.42. The predicted molar refractivity (Wildman–Crippen MR) is 75.0 cm³/mol. The highest BCUT2D eigenvalue weighted by atomic mass is 19.1. The summed E-state index contributed by atoms with van der Waals surface area (Å²) in [5, 5.41) is 0. The van der Waals surface area contributed by atoms with Gasteiger partial charge in [-0.3, -0.25) is 0 Å². The van der Waals surface area contributed by atoms with Crippen LogP contribution in [-0.4, -0.2) is 18.3 Å². The van der Waals surface area contributed by atoms with Crippen molar-refractivity contribution in [2.45, 2.75) is 64.6 Å². The van der Waals surface area contributed by atoms with E-state index in [2.05, 4.69) is 5.92 Å². The fraction of sp³-hybridized carbons (Fsp3) is 0.733. The molecular weight excluding hydrogens is 242 g/mol. The Balaban J connectivity index is 2.21. The Morgan fingerprint density at radius 2 is 1.95 bits per heavy atom. The lowest BCUT2D eigenvalue weighted by Gasteiger charge is -2.32. The molecule has 2 aliphatic rings. The third kappa shape index (κ3) is 2.59. The first-order chi connectivity index (χ1) is 8.78. The molecule has 104 valence electrons. The molecule has 2 rings (SSSR count). The Morgan fingerprint density at radius 3 is 2.47 bits per heavy atom. The molecule has 1 aliphatic carbocycles. The molecule has 0 radical (unpaired) electrons. The molecule has 2 fully saturated rings. The lowest BCUT2D eigenvalue weighted by molar-refractivity contribution is 0.00578. The fourth-order valence-electron chi connectivity index (χ4n) is 2.70. The van der Waals surface area contributed by atoms with Gasteiger partial charge in [-0.15, -0.1) is 12.3 Å². The van der Waals surface area contributed by atoms with Crippen molar-refractivity contribution in [1.82, 2.24) is 0 Å². The number of halogens is 1. The van der Waals surface area contributed by atoms with Crippen molar-refractivity contribution in [2.75, 3.05) is 0 Å². The molecule has 1 aliphatic heterocycles. The van der Waals surface area contributed by atoms with Crippen LogP contribution in [0.15, 0.2) is 11.3 Å². The van der Waals surface area contributed by atoms with E-state index in [-0.39, 0.29) is 11.6 Å². The van der Waals surface area contributed by atoms with Gasteiger partial charge in [-0.25, -0.2) is 4.39 Å². The molecule has 0 amide bonds. The Bertz CT molecular complexity index is 418. The zero-order chi connectivity index (χ0) is 14.3. The zero-order valence-electron chi connectivity index (χ0n) is 12.3. The molecule has 1 atom stereocenters. The topological polar surface area (TPSA) is 18.5 Å². The lowest BCUT2D eigenvalue weighted by Crippen LogP contribution is -2.41. The van der Waals surface area contributed by atoms with Crippen molar-refractivity contribution in [3.05, 3.63) is 11.3 Å². The predicted octanol–water partition coefficient (Wildman–Crippen LogP) is 3.66. The van der Waals surface area contributed by atoms with Gasteiger partial charge in [0.2, 0.25) is 0 Å². The monoisotopic (exact) mass is 264 g/mol. The van der Waals surface area contributed by atoms with Gasteiger partial charge in [-0.05, 0) is 58.4 Å². The van der Waals surface area contributed by atoms with E-state index in [1.807, 2.05) is 27.7 Å². The Hall–Kier alpha value is -0.785. The van der Waals surface area contributed by atoms with Gasteiger partial charge in [0.15, 0.2) is 0 Å². The van der Waals surface area contributed by atoms with Crippen LogP contribution in [0, 0.1) is 18.3 Å². The summed E-state index contributed by atoms with van der Waals surface area (Å²) in [6.45, 7) is 7.72. The zero-order valence-corrected chi connectivity index (χ0v) is 12.3. The highest BCUT2D eigenvalue weighted by Gasteiger charge is 2.53.